The Morgan fingerprint density at radius 3 is 2.06 bits per heavy atom. The second kappa shape index (κ2) is 52.4. The number of aryl methyl sites for hydroxylation is 1. The number of hydrogen-bond acceptors (Lipinski definition) is 19. The fourth-order valence-corrected chi connectivity index (χ4v) is 17.6. The number of aromatic nitrogens is 1. The minimum Gasteiger partial charge on any atom is -0.497 e. The number of ether oxygens (including phenoxy) is 4. The molecular weight excluding hydrogens is 1720 g/mol. The van der Waals surface area contributed by atoms with Crippen LogP contribution in [0.3, 0.4) is 0 Å². The molecule has 14 amide bonds. The van der Waals surface area contributed by atoms with Gasteiger partial charge >= 0.3 is 0 Å². The van der Waals surface area contributed by atoms with E-state index in [2.05, 4.69) is 65.4 Å². The summed E-state index contributed by atoms with van der Waals surface area (Å²) >= 11 is 0. The van der Waals surface area contributed by atoms with Crippen LogP contribution in [-0.4, -0.2) is 285 Å². The number of likely N-dealkylation sites (N-methyl/N-ethyl adjacent to an activating group) is 1. The minimum absolute atomic E-state index is 0.0140. The predicted octanol–water partition coefficient (Wildman–Crippen LogP) is 3.95. The molecular formula is C98H140FN16O19+. The average Bonchev–Trinajstić information content (AvgIpc) is 1.62. The van der Waals surface area contributed by atoms with Gasteiger partial charge in [0.15, 0.2) is 0 Å². The summed E-state index contributed by atoms with van der Waals surface area (Å²) in [5.74, 6) is -9.60. The topological polar surface area (TPSA) is 443 Å². The first-order valence-electron chi connectivity index (χ1n) is 47.8. The fourth-order valence-electron chi connectivity index (χ4n) is 17.6. The number of halogens is 1. The number of hydrogen-bond donors (Lipinski definition) is 12. The van der Waals surface area contributed by atoms with E-state index in [9.17, 15) is 43.5 Å². The monoisotopic (exact) mass is 1860 g/mol. The molecule has 0 saturated carbocycles. The highest BCUT2D eigenvalue weighted by atomic mass is 19.1. The van der Waals surface area contributed by atoms with Crippen LogP contribution in [0.2, 0.25) is 0 Å². The molecule has 0 spiro atoms. The fraction of sp³-hybridized carbons (Fsp3) is 0.592. The molecule has 1 aromatic heterocycles. The molecule has 0 aliphatic carbocycles. The van der Waals surface area contributed by atoms with Crippen molar-refractivity contribution in [2.45, 2.75) is 261 Å². The Morgan fingerprint density at radius 1 is 0.619 bits per heavy atom. The van der Waals surface area contributed by atoms with Crippen molar-refractivity contribution in [3.8, 4) is 5.75 Å². The van der Waals surface area contributed by atoms with Crippen molar-refractivity contribution in [1.82, 2.24) is 77.8 Å². The van der Waals surface area contributed by atoms with Gasteiger partial charge in [-0.1, -0.05) is 119 Å². The van der Waals surface area contributed by atoms with Gasteiger partial charge in [-0.05, 0) is 142 Å². The van der Waals surface area contributed by atoms with E-state index in [1.807, 2.05) is 42.9 Å². The summed E-state index contributed by atoms with van der Waals surface area (Å²) < 4.78 is 41.7. The maximum atomic E-state index is 16.4. The van der Waals surface area contributed by atoms with Crippen LogP contribution in [0.15, 0.2) is 97.2 Å². The number of aliphatic hydroxyl groups is 1. The third kappa shape index (κ3) is 32.1. The molecule has 10 atom stereocenters. The van der Waals surface area contributed by atoms with E-state index in [-0.39, 0.29) is 109 Å². The van der Waals surface area contributed by atoms with Crippen molar-refractivity contribution in [2.24, 2.45) is 0 Å². The molecule has 1 unspecified atom stereocenters. The highest BCUT2D eigenvalue weighted by Gasteiger charge is 2.50. The van der Waals surface area contributed by atoms with E-state index in [1.54, 1.807) is 72.6 Å². The zero-order chi connectivity index (χ0) is 96.3. The molecule has 134 heavy (non-hydrogen) atoms. The lowest BCUT2D eigenvalue weighted by molar-refractivity contribution is -0.889. The Bertz CT molecular complexity index is 4820. The van der Waals surface area contributed by atoms with Crippen LogP contribution in [0.4, 0.5) is 4.39 Å². The SMILES string of the molecule is CCCCCCC(=O)NCCCCCCCC(=O)NCC[N+](C)(C)CCOCCOCC(=O)NC[C@H]1NC(=O)[C@H](C)NC(=O)CCC(=O)N2CCCCCCn3cc(c4cc(F)ccc43)C[C@@H]3NC(=O)[C@H](Cc4cccc(c4)CNC(=O)COC4CCN(C3=O)[C@@H]4C(=O)N[C@@H]([C@@H](C)O)C(=O)N[C@@H](Cc3ccc(OC)cc3)C(=O)N3CCC[C@@]3(C)C(=O)NCCc3ccc(cc3)C2)NC1=O. The summed E-state index contributed by atoms with van der Waals surface area (Å²) in [6.07, 6.45) is 10.3. The highest BCUT2D eigenvalue weighted by molar-refractivity contribution is 6.00. The van der Waals surface area contributed by atoms with Gasteiger partial charge in [-0.25, -0.2) is 4.39 Å². The number of quaternary nitrogens is 1. The largest absolute Gasteiger partial charge is 0.497 e. The van der Waals surface area contributed by atoms with Crippen LogP contribution >= 0.6 is 0 Å². The van der Waals surface area contributed by atoms with Crippen molar-refractivity contribution in [1.29, 1.82) is 0 Å². The zero-order valence-corrected chi connectivity index (χ0v) is 78.8. The van der Waals surface area contributed by atoms with Crippen molar-refractivity contribution in [3.05, 3.63) is 136 Å². The second-order valence-corrected chi connectivity index (χ2v) is 36.7. The molecule has 4 aromatic carbocycles. The van der Waals surface area contributed by atoms with Crippen LogP contribution in [0, 0.1) is 5.82 Å². The maximum Gasteiger partial charge on any atom is 0.246 e. The lowest BCUT2D eigenvalue weighted by Crippen LogP contribution is -2.64. The third-order valence-electron chi connectivity index (χ3n) is 25.7. The van der Waals surface area contributed by atoms with Gasteiger partial charge in [0.05, 0.1) is 66.3 Å². The Morgan fingerprint density at radius 2 is 1.31 bits per heavy atom. The standard InChI is InChI=1S/C98H139FN16O19/c1-8-9-10-16-25-82(117)100-42-18-13-11-12-17-26-83(118)101-44-49-115(5,6)50-51-132-52-53-133-63-85(120)104-60-79-92(125)106-76-56-70-23-21-24-71(54-70)59-103-86(121)64-134-81-40-48-113-89(81)94(127)110-88(66(3)116)93(126)108-77(55-68-31-34-74(131-7)35-32-68)96(129)114-47-22-41-98(114,4)97(130)102-43-39-67-27-29-69(30-28-67)61-112(87(122)38-37-84(119)105-65(2)90(123)109-79)46-20-15-14-19-45-111-62-72(57-78(95(113)128)107-91(76)124)75-58-73(99)33-36-80(75)111/h21,23-24,27-36,54,58,62,65-66,76-79,81,88-89,116H,8-20,22,25-26,37-53,55-57,59-61,63-64H2,1-7H3,(H10-,100,101,102,103,104,105,106,107,108,109,110,117,118,119,120,121,123,124,125,126,127,130)/p+1/t65-,66+,76-,77-,78-,79+,81?,88-,89-,98-/m0/s1. The number of fused-ring (bicyclic) bond motifs is 16. The van der Waals surface area contributed by atoms with E-state index in [0.29, 0.717) is 134 Å². The van der Waals surface area contributed by atoms with E-state index in [0.717, 1.165) is 73.8 Å². The van der Waals surface area contributed by atoms with Gasteiger partial charge in [-0.15, -0.1) is 0 Å². The van der Waals surface area contributed by atoms with E-state index >= 15 is 33.2 Å². The van der Waals surface area contributed by atoms with E-state index in [1.165, 1.54) is 38.0 Å². The van der Waals surface area contributed by atoms with Gasteiger partial charge in [-0.2, -0.15) is 0 Å². The van der Waals surface area contributed by atoms with Crippen molar-refractivity contribution in [2.75, 3.05) is 113 Å². The molecule has 5 aromatic rings. The molecule has 2 fully saturated rings. The molecule has 732 valence electrons. The summed E-state index contributed by atoms with van der Waals surface area (Å²) in [4.78, 5) is 209. The van der Waals surface area contributed by atoms with Crippen LogP contribution < -0.4 is 63.2 Å². The Kier molecular flexibility index (Phi) is 40.9. The molecule has 12 N–H and O–H groups in total. The van der Waals surface area contributed by atoms with Crippen LogP contribution in [0.1, 0.15) is 189 Å². The molecule has 35 nitrogen and oxygen atoms in total. The van der Waals surface area contributed by atoms with Crippen LogP contribution in [-0.2, 0) is 127 Å². The van der Waals surface area contributed by atoms with Gasteiger partial charge in [0.25, 0.3) is 0 Å². The molecule has 6 aliphatic rings. The van der Waals surface area contributed by atoms with Crippen LogP contribution in [0.25, 0.3) is 10.9 Å². The second-order valence-electron chi connectivity index (χ2n) is 36.7. The first-order valence-corrected chi connectivity index (χ1v) is 47.8. The number of carbonyl (C=O) groups is 14. The van der Waals surface area contributed by atoms with Gasteiger partial charge < -0.3 is 106 Å². The molecule has 11 rings (SSSR count). The van der Waals surface area contributed by atoms with Crippen LogP contribution in [0.5, 0.6) is 5.75 Å². The van der Waals surface area contributed by atoms with Crippen molar-refractivity contribution >= 4 is 93.6 Å². The molecule has 0 radical (unpaired) electrons. The normalized spacial score (nSPS) is 22.7. The predicted molar refractivity (Wildman–Crippen MR) is 498 cm³/mol. The number of methoxy groups -OCH3 is 1. The third-order valence-corrected chi connectivity index (χ3v) is 25.7. The van der Waals surface area contributed by atoms with Gasteiger partial charge in [0.1, 0.15) is 79.2 Å². The van der Waals surface area contributed by atoms with Gasteiger partial charge in [-0.3, -0.25) is 67.1 Å². The molecule has 6 aliphatic heterocycles. The Labute approximate surface area is 784 Å². The number of carbonyl (C=O) groups excluding carboxylic acids is 14. The summed E-state index contributed by atoms with van der Waals surface area (Å²) in [6.45, 7) is 7.97. The molecule has 36 heteroatoms. The number of nitrogens with one attached hydrogen (secondary N) is 11. The molecule has 2 saturated heterocycles. The molecule has 12 bridgehead atoms. The Hall–Kier alpha value is -11.5. The smallest absolute Gasteiger partial charge is 0.246 e. The van der Waals surface area contributed by atoms with Crippen molar-refractivity contribution in [3.63, 3.8) is 0 Å². The molecule has 7 heterocycles. The first kappa shape index (κ1) is 105. The number of amides is 14. The summed E-state index contributed by atoms with van der Waals surface area (Å²) in [6, 6.07) is 13.5. The number of nitrogens with zero attached hydrogens (tertiary/aromatic N) is 5. The van der Waals surface area contributed by atoms with Crippen molar-refractivity contribution < 1.29 is 100 Å². The lowest BCUT2D eigenvalue weighted by atomic mass is 9.95. The van der Waals surface area contributed by atoms with E-state index in [4.69, 9.17) is 18.9 Å². The highest BCUT2D eigenvalue weighted by Crippen LogP contribution is 2.33. The quantitative estimate of drug-likeness (QED) is 0.0229. The summed E-state index contributed by atoms with van der Waals surface area (Å²) in [5.41, 5.74) is 2.58. The van der Waals surface area contributed by atoms with E-state index < -0.39 is 157 Å². The maximum absolute atomic E-state index is 16.4. The average molecular weight is 1870 g/mol. The van der Waals surface area contributed by atoms with Gasteiger partial charge in [0, 0.05) is 121 Å². The summed E-state index contributed by atoms with van der Waals surface area (Å²) in [5, 5.41) is 43.0. The minimum atomic E-state index is -1.88. The Balaban J connectivity index is 0.926. The van der Waals surface area contributed by atoms with Gasteiger partial charge in [0.2, 0.25) is 82.7 Å². The number of unbranched alkanes of at least 4 members (excludes halogenated alkanes) is 7. The first-order chi connectivity index (χ1) is 64.4. The zero-order valence-electron chi connectivity index (χ0n) is 78.8. The lowest BCUT2D eigenvalue weighted by Gasteiger charge is -2.37. The number of aliphatic hydroxyl groups excluding tert-OH is 1. The summed E-state index contributed by atoms with van der Waals surface area (Å²) in [7, 11) is 5.52. The number of rotatable bonds is 30. The number of benzene rings is 4.